The summed E-state index contributed by atoms with van der Waals surface area (Å²) in [6.45, 7) is 5.56. The quantitative estimate of drug-likeness (QED) is 0.521. The van der Waals surface area contributed by atoms with Gasteiger partial charge in [-0.3, -0.25) is 4.79 Å². The van der Waals surface area contributed by atoms with Crippen LogP contribution in [0.4, 0.5) is 24.8 Å². The van der Waals surface area contributed by atoms with Crippen molar-refractivity contribution < 1.29 is 18.0 Å². The molecule has 33 heavy (non-hydrogen) atoms. The Hall–Kier alpha value is -3.28. The minimum Gasteiger partial charge on any atom is -0.355 e. The monoisotopic (exact) mass is 462 g/mol. The lowest BCUT2D eigenvalue weighted by Crippen LogP contribution is -2.29. The summed E-state index contributed by atoms with van der Waals surface area (Å²) in [6, 6.07) is 0. The number of nitrogens with zero attached hydrogens (tertiary/aromatic N) is 6. The number of amides is 1. The van der Waals surface area contributed by atoms with Gasteiger partial charge in [0.2, 0.25) is 0 Å². The molecule has 9 nitrogen and oxygen atoms in total. The molecular weight excluding hydrogens is 437 g/mol. The van der Waals surface area contributed by atoms with Crippen molar-refractivity contribution >= 4 is 23.2 Å². The molecule has 4 heterocycles. The maximum Gasteiger partial charge on any atom is 0.390 e. The molecule has 1 atom stereocenters. The summed E-state index contributed by atoms with van der Waals surface area (Å²) in [5, 5.41) is 5.60. The Kier molecular flexibility index (Phi) is 6.45. The number of hydrogen-bond acceptors (Lipinski definition) is 7. The van der Waals surface area contributed by atoms with Gasteiger partial charge >= 0.3 is 6.18 Å². The van der Waals surface area contributed by atoms with E-state index in [1.54, 1.807) is 6.20 Å². The van der Waals surface area contributed by atoms with E-state index in [2.05, 4.69) is 30.6 Å². The van der Waals surface area contributed by atoms with Crippen LogP contribution in [0.3, 0.4) is 0 Å². The molecular formula is C21H25F3N8O. The Morgan fingerprint density at radius 2 is 2.00 bits per heavy atom. The molecule has 0 spiro atoms. The minimum absolute atomic E-state index is 0.0780. The molecule has 3 aromatic rings. The summed E-state index contributed by atoms with van der Waals surface area (Å²) in [4.78, 5) is 32.0. The van der Waals surface area contributed by atoms with Crippen LogP contribution in [0, 0.1) is 19.8 Å². The fraction of sp³-hybridized carbons (Fsp3) is 0.476. The van der Waals surface area contributed by atoms with Crippen molar-refractivity contribution in [1.82, 2.24) is 29.7 Å². The molecule has 12 heteroatoms. The predicted molar refractivity (Wildman–Crippen MR) is 116 cm³/mol. The van der Waals surface area contributed by atoms with Crippen LogP contribution in [-0.4, -0.2) is 62.6 Å². The van der Waals surface area contributed by atoms with Crippen molar-refractivity contribution in [1.29, 1.82) is 0 Å². The average molecular weight is 462 g/mol. The van der Waals surface area contributed by atoms with Crippen molar-refractivity contribution in [3.05, 3.63) is 41.9 Å². The van der Waals surface area contributed by atoms with E-state index < -0.39 is 18.5 Å². The number of fused-ring (bicyclic) bond motifs is 1. The highest BCUT2D eigenvalue weighted by Gasteiger charge is 2.27. The fourth-order valence-corrected chi connectivity index (χ4v) is 3.86. The number of halogens is 3. The molecule has 0 aliphatic carbocycles. The third-order valence-corrected chi connectivity index (χ3v) is 5.47. The summed E-state index contributed by atoms with van der Waals surface area (Å²) in [7, 11) is 0. The van der Waals surface area contributed by atoms with Crippen LogP contribution >= 0.6 is 0 Å². The number of aromatic nitrogens is 5. The van der Waals surface area contributed by atoms with E-state index in [1.807, 2.05) is 29.3 Å². The first kappa shape index (κ1) is 22.9. The van der Waals surface area contributed by atoms with Crippen LogP contribution in [0.15, 0.2) is 24.8 Å². The SMILES string of the molecule is Cc1cn2cc(NC(=O)c3cnc(N4CCC(CNCCC(F)(F)F)C4)cn3)nc(C)c2n1. The number of carbonyl (C=O) groups is 1. The van der Waals surface area contributed by atoms with Crippen LogP contribution in [-0.2, 0) is 0 Å². The number of carbonyl (C=O) groups excluding carboxylic acids is 1. The summed E-state index contributed by atoms with van der Waals surface area (Å²) in [5.41, 5.74) is 2.43. The van der Waals surface area contributed by atoms with Gasteiger partial charge in [0, 0.05) is 25.8 Å². The van der Waals surface area contributed by atoms with E-state index in [4.69, 9.17) is 0 Å². The second-order valence-electron chi connectivity index (χ2n) is 8.21. The maximum atomic E-state index is 12.6. The van der Waals surface area contributed by atoms with E-state index in [0.29, 0.717) is 30.4 Å². The van der Waals surface area contributed by atoms with Gasteiger partial charge in [-0.05, 0) is 32.7 Å². The van der Waals surface area contributed by atoms with Crippen molar-refractivity contribution in [2.75, 3.05) is 36.4 Å². The molecule has 0 aromatic carbocycles. The first-order chi connectivity index (χ1) is 15.7. The van der Waals surface area contributed by atoms with Crippen molar-refractivity contribution in [2.24, 2.45) is 5.92 Å². The van der Waals surface area contributed by atoms with E-state index in [1.165, 1.54) is 12.4 Å². The lowest BCUT2D eigenvalue weighted by Gasteiger charge is -2.17. The fourth-order valence-electron chi connectivity index (χ4n) is 3.86. The molecule has 1 aliphatic heterocycles. The molecule has 1 fully saturated rings. The van der Waals surface area contributed by atoms with Crippen LogP contribution in [0.2, 0.25) is 0 Å². The van der Waals surface area contributed by atoms with Gasteiger partial charge in [-0.15, -0.1) is 0 Å². The lowest BCUT2D eigenvalue weighted by atomic mass is 10.1. The molecule has 1 amide bonds. The topological polar surface area (TPSA) is 100 Å². The summed E-state index contributed by atoms with van der Waals surface area (Å²) in [5.74, 6) is 0.826. The Morgan fingerprint density at radius 1 is 1.18 bits per heavy atom. The van der Waals surface area contributed by atoms with Gasteiger partial charge in [0.15, 0.2) is 5.65 Å². The number of nitrogens with one attached hydrogen (secondary N) is 2. The molecule has 1 saturated heterocycles. The zero-order chi connectivity index (χ0) is 23.6. The van der Waals surface area contributed by atoms with E-state index in [-0.39, 0.29) is 18.2 Å². The largest absolute Gasteiger partial charge is 0.390 e. The van der Waals surface area contributed by atoms with Gasteiger partial charge in [0.1, 0.15) is 17.3 Å². The molecule has 0 radical (unpaired) electrons. The van der Waals surface area contributed by atoms with Crippen molar-refractivity contribution in [3.8, 4) is 0 Å². The minimum atomic E-state index is -4.14. The number of imidazole rings is 1. The highest BCUT2D eigenvalue weighted by molar-refractivity contribution is 6.02. The second-order valence-corrected chi connectivity index (χ2v) is 8.21. The Bertz CT molecular complexity index is 1130. The molecule has 1 unspecified atom stereocenters. The standard InChI is InChI=1S/C21H25F3N8O/c1-13-10-32-12-17(29-14(2)19(32)28-13)30-20(33)16-8-27-18(9-26-16)31-6-3-15(11-31)7-25-5-4-21(22,23)24/h8-10,12,15,25H,3-7,11H2,1-2H3,(H,30,33). The number of alkyl halides is 3. The molecule has 176 valence electrons. The van der Waals surface area contributed by atoms with Gasteiger partial charge in [0.05, 0.1) is 36.4 Å². The third kappa shape index (κ3) is 5.75. The highest BCUT2D eigenvalue weighted by atomic mass is 19.4. The van der Waals surface area contributed by atoms with Crippen molar-refractivity contribution in [3.63, 3.8) is 0 Å². The summed E-state index contributed by atoms with van der Waals surface area (Å²) < 4.78 is 38.5. The van der Waals surface area contributed by atoms with Gasteiger partial charge in [-0.1, -0.05) is 0 Å². The zero-order valence-corrected chi connectivity index (χ0v) is 18.4. The Balaban J connectivity index is 1.31. The van der Waals surface area contributed by atoms with Crippen LogP contribution in [0.1, 0.15) is 34.7 Å². The third-order valence-electron chi connectivity index (χ3n) is 5.47. The number of anilines is 2. The number of hydrogen-bond donors (Lipinski definition) is 2. The molecule has 4 rings (SSSR count). The predicted octanol–water partition coefficient (Wildman–Crippen LogP) is 2.76. The highest BCUT2D eigenvalue weighted by Crippen LogP contribution is 2.22. The van der Waals surface area contributed by atoms with E-state index in [0.717, 1.165) is 24.3 Å². The molecule has 2 N–H and O–H groups in total. The van der Waals surface area contributed by atoms with Gasteiger partial charge in [-0.2, -0.15) is 13.2 Å². The van der Waals surface area contributed by atoms with Crippen molar-refractivity contribution in [2.45, 2.75) is 32.9 Å². The summed E-state index contributed by atoms with van der Waals surface area (Å²) >= 11 is 0. The van der Waals surface area contributed by atoms with E-state index >= 15 is 0 Å². The van der Waals surface area contributed by atoms with Crippen LogP contribution < -0.4 is 15.5 Å². The Morgan fingerprint density at radius 3 is 2.73 bits per heavy atom. The molecule has 3 aromatic heterocycles. The Labute approximate surface area is 188 Å². The van der Waals surface area contributed by atoms with Gasteiger partial charge < -0.3 is 19.9 Å². The van der Waals surface area contributed by atoms with Gasteiger partial charge in [0.25, 0.3) is 5.91 Å². The van der Waals surface area contributed by atoms with Crippen LogP contribution in [0.25, 0.3) is 5.65 Å². The van der Waals surface area contributed by atoms with Gasteiger partial charge in [-0.25, -0.2) is 19.9 Å². The number of rotatable bonds is 7. The van der Waals surface area contributed by atoms with Crippen LogP contribution in [0.5, 0.6) is 0 Å². The maximum absolute atomic E-state index is 12.6. The smallest absolute Gasteiger partial charge is 0.355 e. The normalized spacial score (nSPS) is 16.5. The number of aryl methyl sites for hydroxylation is 2. The molecule has 1 aliphatic rings. The molecule has 0 bridgehead atoms. The first-order valence-corrected chi connectivity index (χ1v) is 10.7. The zero-order valence-electron chi connectivity index (χ0n) is 18.4. The first-order valence-electron chi connectivity index (χ1n) is 10.7. The lowest BCUT2D eigenvalue weighted by molar-refractivity contribution is -0.133. The molecule has 0 saturated carbocycles. The second kappa shape index (κ2) is 9.30. The van der Waals surface area contributed by atoms with E-state index in [9.17, 15) is 18.0 Å². The summed E-state index contributed by atoms with van der Waals surface area (Å²) in [6.07, 6.45) is 2.37. The average Bonchev–Trinajstić information content (AvgIpc) is 3.37.